The molecule has 194 valence electrons. The lowest BCUT2D eigenvalue weighted by atomic mass is 10.0. The zero-order valence-electron chi connectivity index (χ0n) is 20.2. The summed E-state index contributed by atoms with van der Waals surface area (Å²) >= 11 is 2.74. The number of benzene rings is 2. The predicted molar refractivity (Wildman–Crippen MR) is 141 cm³/mol. The van der Waals surface area contributed by atoms with Crippen LogP contribution in [0, 0.1) is 11.6 Å². The summed E-state index contributed by atoms with van der Waals surface area (Å²) in [6.07, 6.45) is 0.526. The molecule has 0 saturated carbocycles. The smallest absolute Gasteiger partial charge is 0.254 e. The molecule has 1 atom stereocenters. The third kappa shape index (κ3) is 5.50. The molecule has 5 rings (SSSR count). The van der Waals surface area contributed by atoms with Crippen molar-refractivity contribution in [2.75, 3.05) is 5.75 Å². The summed E-state index contributed by atoms with van der Waals surface area (Å²) in [5.41, 5.74) is 1.55. The maximum atomic E-state index is 13.9. The van der Waals surface area contributed by atoms with Crippen LogP contribution in [0.4, 0.5) is 8.78 Å². The minimum Gasteiger partial charge on any atom is -0.345 e. The molecule has 0 radical (unpaired) electrons. The minimum atomic E-state index is -0.608. The standard InChI is InChI=1S/C26H22F2N6O2S2/c1-33-23(14-29-25(36)18-5-2-3-6-19(18)28)30-31-26(33)38-15-24(35)34-21(16-8-10-17(27)11-9-16)13-20(32-34)22-7-4-12-37-22/h2-12,21H,13-15H2,1H3,(H,29,36)/t21-/m1/s1. The van der Waals surface area contributed by atoms with E-state index in [9.17, 15) is 18.4 Å². The van der Waals surface area contributed by atoms with Crippen LogP contribution in [0.3, 0.4) is 0 Å². The van der Waals surface area contributed by atoms with Crippen LogP contribution < -0.4 is 5.32 Å². The van der Waals surface area contributed by atoms with Crippen molar-refractivity contribution in [1.82, 2.24) is 25.1 Å². The summed E-state index contributed by atoms with van der Waals surface area (Å²) in [7, 11) is 1.72. The van der Waals surface area contributed by atoms with Crippen molar-refractivity contribution in [2.24, 2.45) is 12.1 Å². The zero-order chi connectivity index (χ0) is 26.6. The highest BCUT2D eigenvalue weighted by Gasteiger charge is 2.33. The lowest BCUT2D eigenvalue weighted by Gasteiger charge is -2.21. The molecule has 2 aromatic carbocycles. The van der Waals surface area contributed by atoms with E-state index < -0.39 is 11.7 Å². The fourth-order valence-corrected chi connectivity index (χ4v) is 5.50. The largest absolute Gasteiger partial charge is 0.345 e. The molecule has 3 heterocycles. The van der Waals surface area contributed by atoms with E-state index in [0.29, 0.717) is 17.4 Å². The number of nitrogens with one attached hydrogen (secondary N) is 1. The van der Waals surface area contributed by atoms with Crippen molar-refractivity contribution in [3.8, 4) is 0 Å². The highest BCUT2D eigenvalue weighted by Crippen LogP contribution is 2.34. The first kappa shape index (κ1) is 25.7. The van der Waals surface area contributed by atoms with Gasteiger partial charge in [-0.3, -0.25) is 9.59 Å². The number of hydrogen-bond acceptors (Lipinski definition) is 7. The summed E-state index contributed by atoms with van der Waals surface area (Å²) in [6, 6.07) is 15.4. The van der Waals surface area contributed by atoms with Gasteiger partial charge in [0.2, 0.25) is 0 Å². The Kier molecular flexibility index (Phi) is 7.61. The summed E-state index contributed by atoms with van der Waals surface area (Å²) in [6.45, 7) is 0.0401. The lowest BCUT2D eigenvalue weighted by Crippen LogP contribution is -2.28. The second-order valence-electron chi connectivity index (χ2n) is 8.44. The summed E-state index contributed by atoms with van der Waals surface area (Å²) in [5, 5.41) is 19.4. The van der Waals surface area contributed by atoms with E-state index in [1.54, 1.807) is 41.2 Å². The molecule has 1 aliphatic heterocycles. The third-order valence-electron chi connectivity index (χ3n) is 6.00. The Morgan fingerprint density at radius 1 is 1.08 bits per heavy atom. The van der Waals surface area contributed by atoms with Gasteiger partial charge < -0.3 is 9.88 Å². The Hall–Kier alpha value is -3.90. The second-order valence-corrected chi connectivity index (χ2v) is 10.3. The summed E-state index contributed by atoms with van der Waals surface area (Å²) in [5.74, 6) is -1.24. The first-order chi connectivity index (χ1) is 18.4. The molecule has 1 aliphatic rings. The van der Waals surface area contributed by atoms with Gasteiger partial charge in [0.25, 0.3) is 11.8 Å². The quantitative estimate of drug-likeness (QED) is 0.324. The molecule has 8 nitrogen and oxygen atoms in total. The van der Waals surface area contributed by atoms with Gasteiger partial charge in [0.05, 0.1) is 34.5 Å². The van der Waals surface area contributed by atoms with Crippen molar-refractivity contribution < 1.29 is 18.4 Å². The highest BCUT2D eigenvalue weighted by molar-refractivity contribution is 7.99. The van der Waals surface area contributed by atoms with E-state index in [-0.39, 0.29) is 35.6 Å². The zero-order valence-corrected chi connectivity index (χ0v) is 21.8. The van der Waals surface area contributed by atoms with Crippen LogP contribution in [0.25, 0.3) is 0 Å². The molecule has 0 bridgehead atoms. The van der Waals surface area contributed by atoms with Gasteiger partial charge in [0, 0.05) is 13.5 Å². The van der Waals surface area contributed by atoms with Gasteiger partial charge in [0.1, 0.15) is 11.6 Å². The van der Waals surface area contributed by atoms with Crippen LogP contribution in [-0.2, 0) is 18.4 Å². The van der Waals surface area contributed by atoms with E-state index in [1.807, 2.05) is 17.5 Å². The number of thiophene rings is 1. The number of hydrazone groups is 1. The monoisotopic (exact) mass is 552 g/mol. The van der Waals surface area contributed by atoms with E-state index >= 15 is 0 Å². The van der Waals surface area contributed by atoms with E-state index in [0.717, 1.165) is 16.2 Å². The Morgan fingerprint density at radius 2 is 1.87 bits per heavy atom. The fraction of sp³-hybridized carbons (Fsp3) is 0.192. The molecule has 0 saturated heterocycles. The number of carbonyl (C=O) groups excluding carboxylic acids is 2. The topological polar surface area (TPSA) is 92.5 Å². The van der Waals surface area contributed by atoms with Crippen LogP contribution >= 0.6 is 23.1 Å². The number of carbonyl (C=O) groups is 2. The van der Waals surface area contributed by atoms with Gasteiger partial charge >= 0.3 is 0 Å². The Bertz CT molecular complexity index is 1490. The molecule has 0 fully saturated rings. The molecule has 0 unspecified atom stereocenters. The SMILES string of the molecule is Cn1c(CNC(=O)c2ccccc2F)nnc1SCC(=O)N1N=C(c2cccs2)C[C@@H]1c1ccc(F)cc1. The van der Waals surface area contributed by atoms with Crippen molar-refractivity contribution >= 4 is 40.6 Å². The van der Waals surface area contributed by atoms with Gasteiger partial charge in [-0.05, 0) is 41.3 Å². The molecule has 38 heavy (non-hydrogen) atoms. The van der Waals surface area contributed by atoms with Crippen molar-refractivity contribution in [2.45, 2.75) is 24.2 Å². The van der Waals surface area contributed by atoms with E-state index in [2.05, 4.69) is 20.6 Å². The molecule has 0 spiro atoms. The average molecular weight is 553 g/mol. The minimum absolute atomic E-state index is 0.0401. The van der Waals surface area contributed by atoms with Gasteiger partial charge in [-0.2, -0.15) is 5.10 Å². The summed E-state index contributed by atoms with van der Waals surface area (Å²) in [4.78, 5) is 26.6. The Morgan fingerprint density at radius 3 is 2.61 bits per heavy atom. The van der Waals surface area contributed by atoms with Gasteiger partial charge in [-0.25, -0.2) is 13.8 Å². The molecule has 12 heteroatoms. The number of nitrogens with zero attached hydrogens (tertiary/aromatic N) is 5. The predicted octanol–water partition coefficient (Wildman–Crippen LogP) is 4.55. The van der Waals surface area contributed by atoms with E-state index in [4.69, 9.17) is 0 Å². The molecule has 4 aromatic rings. The number of thioether (sulfide) groups is 1. The molecular formula is C26H22F2N6O2S2. The van der Waals surface area contributed by atoms with Crippen LogP contribution in [0.2, 0.25) is 0 Å². The van der Waals surface area contributed by atoms with Gasteiger partial charge in [-0.15, -0.1) is 21.5 Å². The van der Waals surface area contributed by atoms with Crippen molar-refractivity contribution in [3.63, 3.8) is 0 Å². The normalized spacial score (nSPS) is 15.0. The van der Waals surface area contributed by atoms with Crippen LogP contribution in [0.15, 0.2) is 76.3 Å². The van der Waals surface area contributed by atoms with E-state index in [1.165, 1.54) is 47.1 Å². The average Bonchev–Trinajstić information content (AvgIpc) is 3.67. The number of hydrogen-bond donors (Lipinski definition) is 1. The van der Waals surface area contributed by atoms with Crippen molar-refractivity contribution in [3.05, 3.63) is 99.5 Å². The molecular weight excluding hydrogens is 530 g/mol. The second kappa shape index (κ2) is 11.2. The number of aromatic nitrogens is 3. The van der Waals surface area contributed by atoms with Crippen LogP contribution in [0.5, 0.6) is 0 Å². The first-order valence-corrected chi connectivity index (χ1v) is 13.5. The number of amides is 2. The molecule has 0 aliphatic carbocycles. The Balaban J connectivity index is 1.25. The number of rotatable bonds is 8. The maximum absolute atomic E-state index is 13.9. The molecule has 2 amide bonds. The fourth-order valence-electron chi connectivity index (χ4n) is 3.99. The van der Waals surface area contributed by atoms with Crippen LogP contribution in [-0.4, -0.2) is 43.1 Å². The third-order valence-corrected chi connectivity index (χ3v) is 7.93. The lowest BCUT2D eigenvalue weighted by molar-refractivity contribution is -0.130. The summed E-state index contributed by atoms with van der Waals surface area (Å²) < 4.78 is 29.0. The number of halogens is 2. The van der Waals surface area contributed by atoms with Gasteiger partial charge in [-0.1, -0.05) is 42.1 Å². The Labute approximate surface area is 225 Å². The van der Waals surface area contributed by atoms with Crippen molar-refractivity contribution in [1.29, 1.82) is 0 Å². The highest BCUT2D eigenvalue weighted by atomic mass is 32.2. The molecule has 1 N–H and O–H groups in total. The first-order valence-electron chi connectivity index (χ1n) is 11.6. The van der Waals surface area contributed by atoms with Gasteiger partial charge in [0.15, 0.2) is 11.0 Å². The molecule has 2 aromatic heterocycles. The van der Waals surface area contributed by atoms with Crippen LogP contribution in [0.1, 0.15) is 39.1 Å². The maximum Gasteiger partial charge on any atom is 0.254 e.